The Kier molecular flexibility index (Phi) is 6.64. The predicted octanol–water partition coefficient (Wildman–Crippen LogP) is 2.75. The molecule has 8 heteroatoms. The Morgan fingerprint density at radius 3 is 2.61 bits per heavy atom. The van der Waals surface area contributed by atoms with E-state index in [1.54, 1.807) is 37.3 Å². The first-order chi connectivity index (χ1) is 13.5. The molecule has 1 aliphatic rings. The van der Waals surface area contributed by atoms with Crippen molar-refractivity contribution in [3.05, 3.63) is 58.3 Å². The van der Waals surface area contributed by atoms with Crippen molar-refractivity contribution in [2.24, 2.45) is 0 Å². The number of carbonyl (C=O) groups excluding carboxylic acids is 2. The Morgan fingerprint density at radius 1 is 1.18 bits per heavy atom. The van der Waals surface area contributed by atoms with E-state index in [1.165, 1.54) is 12.1 Å². The molecule has 1 atom stereocenters. The fourth-order valence-corrected chi connectivity index (χ4v) is 3.48. The second-order valence-electron chi connectivity index (χ2n) is 6.56. The van der Waals surface area contributed by atoms with Crippen LogP contribution in [0.3, 0.4) is 0 Å². The van der Waals surface area contributed by atoms with Crippen LogP contribution in [0.25, 0.3) is 0 Å². The Bertz CT molecular complexity index is 871. The molecule has 0 saturated carbocycles. The van der Waals surface area contributed by atoms with Gasteiger partial charge in [0, 0.05) is 30.7 Å². The zero-order valence-electron chi connectivity index (χ0n) is 15.5. The molecule has 1 saturated heterocycles. The largest absolute Gasteiger partial charge is 0.367 e. The number of anilines is 2. The number of hydrogen-bond donors (Lipinski definition) is 3. The van der Waals surface area contributed by atoms with Gasteiger partial charge in [0.15, 0.2) is 0 Å². The van der Waals surface area contributed by atoms with Gasteiger partial charge in [0.05, 0.1) is 16.9 Å². The third-order valence-corrected chi connectivity index (χ3v) is 5.23. The summed E-state index contributed by atoms with van der Waals surface area (Å²) in [5.74, 6) is -1.21. The third-order valence-electron chi connectivity index (χ3n) is 4.53. The quantitative estimate of drug-likeness (QED) is 0.657. The zero-order chi connectivity index (χ0) is 20.1. The van der Waals surface area contributed by atoms with E-state index in [-0.39, 0.29) is 5.91 Å². The van der Waals surface area contributed by atoms with Crippen LogP contribution in [0.15, 0.2) is 46.9 Å². The summed E-state index contributed by atoms with van der Waals surface area (Å²) in [6, 6.07) is 10.5. The van der Waals surface area contributed by atoms with Gasteiger partial charge in [-0.15, -0.1) is 0 Å². The second-order valence-corrected chi connectivity index (χ2v) is 7.42. The average molecular weight is 449 g/mol. The Hall–Kier alpha value is -2.45. The van der Waals surface area contributed by atoms with Crippen LogP contribution in [0.2, 0.25) is 0 Å². The van der Waals surface area contributed by atoms with Gasteiger partial charge in [-0.2, -0.15) is 0 Å². The first-order valence-electron chi connectivity index (χ1n) is 9.07. The monoisotopic (exact) mass is 448 g/mol. The molecule has 1 heterocycles. The van der Waals surface area contributed by atoms with E-state index in [0.717, 1.165) is 31.9 Å². The maximum Gasteiger partial charge on any atom is 0.253 e. The Morgan fingerprint density at radius 2 is 1.89 bits per heavy atom. The standard InChI is InChI=1S/C20H22BrFN4O2/c1-13(24-20(28)15-4-2-3-5-16(15)21)19(27)25-17-12-14(22)6-7-18(17)26-10-8-23-9-11-26/h2-7,12-13,23H,8-11H2,1H3,(H,24,28)(H,25,27). The minimum absolute atomic E-state index is 0.364. The third kappa shape index (κ3) is 4.88. The van der Waals surface area contributed by atoms with Crippen molar-refractivity contribution in [2.75, 3.05) is 36.4 Å². The van der Waals surface area contributed by atoms with Gasteiger partial charge >= 0.3 is 0 Å². The SMILES string of the molecule is CC(NC(=O)c1ccccc1Br)C(=O)Nc1cc(F)ccc1N1CCNCC1. The Balaban J connectivity index is 1.71. The molecule has 3 N–H and O–H groups in total. The molecule has 1 unspecified atom stereocenters. The molecule has 0 radical (unpaired) electrons. The zero-order valence-corrected chi connectivity index (χ0v) is 17.1. The highest BCUT2D eigenvalue weighted by atomic mass is 79.9. The van der Waals surface area contributed by atoms with Crippen molar-refractivity contribution in [1.82, 2.24) is 10.6 Å². The van der Waals surface area contributed by atoms with Gasteiger partial charge < -0.3 is 20.9 Å². The highest BCUT2D eigenvalue weighted by Gasteiger charge is 2.21. The summed E-state index contributed by atoms with van der Waals surface area (Å²) in [6.45, 7) is 4.77. The first kappa shape index (κ1) is 20.3. The summed E-state index contributed by atoms with van der Waals surface area (Å²) in [5.41, 5.74) is 1.60. The number of nitrogens with one attached hydrogen (secondary N) is 3. The summed E-state index contributed by atoms with van der Waals surface area (Å²) < 4.78 is 14.4. The van der Waals surface area contributed by atoms with Gasteiger partial charge in [0.1, 0.15) is 11.9 Å². The van der Waals surface area contributed by atoms with Crippen LogP contribution < -0.4 is 20.9 Å². The fourth-order valence-electron chi connectivity index (χ4n) is 3.02. The molecule has 6 nitrogen and oxygen atoms in total. The number of halogens is 2. The number of piperazine rings is 1. The molecular formula is C20H22BrFN4O2. The fraction of sp³-hybridized carbons (Fsp3) is 0.300. The number of benzene rings is 2. The van der Waals surface area contributed by atoms with Crippen LogP contribution in [0.5, 0.6) is 0 Å². The maximum atomic E-state index is 13.8. The number of hydrogen-bond acceptors (Lipinski definition) is 4. The molecule has 0 bridgehead atoms. The normalized spacial score (nSPS) is 15.0. The second kappa shape index (κ2) is 9.16. The molecule has 28 heavy (non-hydrogen) atoms. The van der Waals surface area contributed by atoms with Gasteiger partial charge in [-0.05, 0) is 53.2 Å². The van der Waals surface area contributed by atoms with Crippen LogP contribution in [-0.4, -0.2) is 44.0 Å². The summed E-state index contributed by atoms with van der Waals surface area (Å²) >= 11 is 3.33. The predicted molar refractivity (Wildman–Crippen MR) is 111 cm³/mol. The molecule has 0 aromatic heterocycles. The van der Waals surface area contributed by atoms with Crippen molar-refractivity contribution in [3.63, 3.8) is 0 Å². The van der Waals surface area contributed by atoms with Gasteiger partial charge in [-0.25, -0.2) is 4.39 Å². The van der Waals surface area contributed by atoms with E-state index in [0.29, 0.717) is 15.7 Å². The Labute approximate surface area is 171 Å². The summed E-state index contributed by atoms with van der Waals surface area (Å²) in [7, 11) is 0. The number of carbonyl (C=O) groups is 2. The summed E-state index contributed by atoms with van der Waals surface area (Å²) in [6.07, 6.45) is 0. The minimum atomic E-state index is -0.793. The minimum Gasteiger partial charge on any atom is -0.367 e. The molecule has 0 aliphatic carbocycles. The van der Waals surface area contributed by atoms with Crippen molar-refractivity contribution in [3.8, 4) is 0 Å². The molecule has 1 aliphatic heterocycles. The van der Waals surface area contributed by atoms with Gasteiger partial charge in [0.2, 0.25) is 5.91 Å². The lowest BCUT2D eigenvalue weighted by atomic mass is 10.2. The van der Waals surface area contributed by atoms with E-state index in [2.05, 4.69) is 36.8 Å². The number of nitrogens with zero attached hydrogens (tertiary/aromatic N) is 1. The maximum absolute atomic E-state index is 13.8. The molecule has 1 fully saturated rings. The van der Waals surface area contributed by atoms with Crippen molar-refractivity contribution in [1.29, 1.82) is 0 Å². The molecule has 2 aromatic rings. The first-order valence-corrected chi connectivity index (χ1v) is 9.86. The van der Waals surface area contributed by atoms with E-state index in [4.69, 9.17) is 0 Å². The van der Waals surface area contributed by atoms with Crippen molar-refractivity contribution >= 4 is 39.1 Å². The van der Waals surface area contributed by atoms with E-state index >= 15 is 0 Å². The van der Waals surface area contributed by atoms with Crippen LogP contribution in [-0.2, 0) is 4.79 Å². The van der Waals surface area contributed by atoms with Crippen LogP contribution in [0.1, 0.15) is 17.3 Å². The number of rotatable bonds is 5. The van der Waals surface area contributed by atoms with Crippen LogP contribution >= 0.6 is 15.9 Å². The van der Waals surface area contributed by atoms with E-state index in [1.807, 2.05) is 0 Å². The lowest BCUT2D eigenvalue weighted by Crippen LogP contribution is -2.44. The highest BCUT2D eigenvalue weighted by Crippen LogP contribution is 2.27. The molecule has 3 rings (SSSR count). The molecule has 148 valence electrons. The lowest BCUT2D eigenvalue weighted by molar-refractivity contribution is -0.117. The van der Waals surface area contributed by atoms with E-state index in [9.17, 15) is 14.0 Å². The summed E-state index contributed by atoms with van der Waals surface area (Å²) in [5, 5.41) is 8.69. The van der Waals surface area contributed by atoms with Gasteiger partial charge in [0.25, 0.3) is 5.91 Å². The number of amides is 2. The molecule has 0 spiro atoms. The van der Waals surface area contributed by atoms with Crippen molar-refractivity contribution < 1.29 is 14.0 Å². The van der Waals surface area contributed by atoms with Crippen LogP contribution in [0, 0.1) is 5.82 Å². The molecule has 2 amide bonds. The highest BCUT2D eigenvalue weighted by molar-refractivity contribution is 9.10. The van der Waals surface area contributed by atoms with E-state index < -0.39 is 17.8 Å². The molecular weight excluding hydrogens is 427 g/mol. The molecule has 2 aromatic carbocycles. The van der Waals surface area contributed by atoms with Gasteiger partial charge in [-0.1, -0.05) is 12.1 Å². The van der Waals surface area contributed by atoms with Crippen LogP contribution in [0.4, 0.5) is 15.8 Å². The smallest absolute Gasteiger partial charge is 0.253 e. The van der Waals surface area contributed by atoms with Gasteiger partial charge in [-0.3, -0.25) is 9.59 Å². The lowest BCUT2D eigenvalue weighted by Gasteiger charge is -2.31. The summed E-state index contributed by atoms with van der Waals surface area (Å²) in [4.78, 5) is 27.1. The van der Waals surface area contributed by atoms with Crippen molar-refractivity contribution in [2.45, 2.75) is 13.0 Å². The topological polar surface area (TPSA) is 73.5 Å². The average Bonchev–Trinajstić information content (AvgIpc) is 2.69.